The highest BCUT2D eigenvalue weighted by Gasteiger charge is 2.08. The van der Waals surface area contributed by atoms with Gasteiger partial charge in [-0.1, -0.05) is 12.1 Å². The first-order valence-electron chi connectivity index (χ1n) is 5.86. The van der Waals surface area contributed by atoms with Crippen LogP contribution in [0.25, 0.3) is 0 Å². The van der Waals surface area contributed by atoms with Gasteiger partial charge in [0, 0.05) is 6.20 Å². The Hall–Kier alpha value is -2.54. The number of nitriles is 1. The van der Waals surface area contributed by atoms with Crippen LogP contribution in [0, 0.1) is 18.3 Å². The maximum Gasteiger partial charge on any atom is 0.232 e. The maximum absolute atomic E-state index is 9.09. The van der Waals surface area contributed by atoms with Crippen LogP contribution in [-0.2, 0) is 6.61 Å². The molecular weight excluding hydrogens is 240 g/mol. The van der Waals surface area contributed by atoms with E-state index in [1.54, 1.807) is 19.4 Å². The molecule has 4 nitrogen and oxygen atoms in total. The standard InChI is InChI=1S/C15H14N2O2/c1-11-6-7-17-15(14(11)9-16)19-10-12-4-3-5-13(8-12)18-2/h3-8H,10H2,1-2H3. The molecule has 0 amide bonds. The molecule has 0 aliphatic heterocycles. The average molecular weight is 254 g/mol. The van der Waals surface area contributed by atoms with Gasteiger partial charge >= 0.3 is 0 Å². The van der Waals surface area contributed by atoms with Crippen molar-refractivity contribution in [1.29, 1.82) is 5.26 Å². The number of pyridine rings is 1. The first-order valence-corrected chi connectivity index (χ1v) is 5.86. The van der Waals surface area contributed by atoms with Gasteiger partial charge < -0.3 is 9.47 Å². The van der Waals surface area contributed by atoms with E-state index in [-0.39, 0.29) is 0 Å². The molecule has 96 valence electrons. The second-order valence-corrected chi connectivity index (χ2v) is 4.06. The van der Waals surface area contributed by atoms with Crippen molar-refractivity contribution in [3.05, 3.63) is 53.2 Å². The number of aromatic nitrogens is 1. The molecule has 19 heavy (non-hydrogen) atoms. The fourth-order valence-corrected chi connectivity index (χ4v) is 1.69. The van der Waals surface area contributed by atoms with Crippen LogP contribution in [0.5, 0.6) is 11.6 Å². The number of rotatable bonds is 4. The zero-order valence-electron chi connectivity index (χ0n) is 10.9. The summed E-state index contributed by atoms with van der Waals surface area (Å²) in [7, 11) is 1.62. The van der Waals surface area contributed by atoms with Crippen molar-refractivity contribution < 1.29 is 9.47 Å². The normalized spacial score (nSPS) is 9.74. The molecule has 0 aliphatic carbocycles. The Bertz CT molecular complexity index is 618. The minimum atomic E-state index is 0.350. The van der Waals surface area contributed by atoms with Crippen LogP contribution in [0.3, 0.4) is 0 Å². The Balaban J connectivity index is 2.15. The van der Waals surface area contributed by atoms with Crippen molar-refractivity contribution in [2.24, 2.45) is 0 Å². The summed E-state index contributed by atoms with van der Waals surface area (Å²) in [5.41, 5.74) is 2.30. The molecule has 2 rings (SSSR count). The Morgan fingerprint density at radius 3 is 2.89 bits per heavy atom. The molecule has 0 N–H and O–H groups in total. The van der Waals surface area contributed by atoms with Crippen molar-refractivity contribution in [3.8, 4) is 17.7 Å². The molecule has 0 unspecified atom stereocenters. The van der Waals surface area contributed by atoms with Crippen molar-refractivity contribution in [3.63, 3.8) is 0 Å². The van der Waals surface area contributed by atoms with Gasteiger partial charge in [0.2, 0.25) is 5.88 Å². The zero-order chi connectivity index (χ0) is 13.7. The van der Waals surface area contributed by atoms with E-state index in [9.17, 15) is 0 Å². The van der Waals surface area contributed by atoms with E-state index in [1.807, 2.05) is 31.2 Å². The average Bonchev–Trinajstić information content (AvgIpc) is 2.45. The summed E-state index contributed by atoms with van der Waals surface area (Å²) in [6.07, 6.45) is 1.64. The lowest BCUT2D eigenvalue weighted by atomic mass is 10.2. The molecule has 0 spiro atoms. The van der Waals surface area contributed by atoms with Crippen LogP contribution >= 0.6 is 0 Å². The van der Waals surface area contributed by atoms with Gasteiger partial charge in [0.15, 0.2) is 0 Å². The monoisotopic (exact) mass is 254 g/mol. The minimum Gasteiger partial charge on any atom is -0.497 e. The summed E-state index contributed by atoms with van der Waals surface area (Å²) in [6, 6.07) is 11.5. The smallest absolute Gasteiger partial charge is 0.232 e. The molecule has 0 bridgehead atoms. The molecule has 0 radical (unpaired) electrons. The molecule has 0 saturated carbocycles. The number of nitrogens with zero attached hydrogens (tertiary/aromatic N) is 2. The number of aryl methyl sites for hydroxylation is 1. The summed E-state index contributed by atoms with van der Waals surface area (Å²) in [6.45, 7) is 2.21. The summed E-state index contributed by atoms with van der Waals surface area (Å²) < 4.78 is 10.8. The molecule has 2 aromatic rings. The third kappa shape index (κ3) is 3.02. The van der Waals surface area contributed by atoms with Crippen LogP contribution in [-0.4, -0.2) is 12.1 Å². The Morgan fingerprint density at radius 1 is 1.32 bits per heavy atom. The van der Waals surface area contributed by atoms with Crippen LogP contribution in [0.15, 0.2) is 36.5 Å². The molecule has 1 heterocycles. The highest BCUT2D eigenvalue weighted by Crippen LogP contribution is 2.20. The van der Waals surface area contributed by atoms with E-state index in [4.69, 9.17) is 14.7 Å². The second-order valence-electron chi connectivity index (χ2n) is 4.06. The number of ether oxygens (including phenoxy) is 2. The molecule has 0 atom stereocenters. The van der Waals surface area contributed by atoms with E-state index in [1.165, 1.54) is 0 Å². The fraction of sp³-hybridized carbons (Fsp3) is 0.200. The summed E-state index contributed by atoms with van der Waals surface area (Å²) in [4.78, 5) is 4.09. The number of methoxy groups -OCH3 is 1. The van der Waals surface area contributed by atoms with E-state index in [0.29, 0.717) is 18.1 Å². The topological polar surface area (TPSA) is 55.1 Å². The van der Waals surface area contributed by atoms with Gasteiger partial charge in [-0.05, 0) is 36.2 Å². The summed E-state index contributed by atoms with van der Waals surface area (Å²) >= 11 is 0. The summed E-state index contributed by atoms with van der Waals surface area (Å²) in [5, 5.41) is 9.09. The number of benzene rings is 1. The van der Waals surface area contributed by atoms with Crippen LogP contribution in [0.4, 0.5) is 0 Å². The van der Waals surface area contributed by atoms with Gasteiger partial charge in [-0.25, -0.2) is 4.98 Å². The first kappa shape index (κ1) is 12.9. The van der Waals surface area contributed by atoms with Crippen molar-refractivity contribution >= 4 is 0 Å². The molecule has 0 fully saturated rings. The molecule has 1 aromatic heterocycles. The van der Waals surface area contributed by atoms with Gasteiger partial charge in [-0.15, -0.1) is 0 Å². The maximum atomic E-state index is 9.09. The fourth-order valence-electron chi connectivity index (χ4n) is 1.69. The third-order valence-corrected chi connectivity index (χ3v) is 2.75. The van der Waals surface area contributed by atoms with Crippen LogP contribution in [0.1, 0.15) is 16.7 Å². The number of hydrogen-bond donors (Lipinski definition) is 0. The number of hydrogen-bond acceptors (Lipinski definition) is 4. The summed E-state index contributed by atoms with van der Waals surface area (Å²) in [5.74, 6) is 1.14. The molecule has 0 saturated heterocycles. The Morgan fingerprint density at radius 2 is 2.16 bits per heavy atom. The van der Waals surface area contributed by atoms with Gasteiger partial charge in [-0.3, -0.25) is 0 Å². The lowest BCUT2D eigenvalue weighted by molar-refractivity contribution is 0.292. The quantitative estimate of drug-likeness (QED) is 0.841. The second kappa shape index (κ2) is 5.87. The third-order valence-electron chi connectivity index (χ3n) is 2.75. The molecular formula is C15H14N2O2. The van der Waals surface area contributed by atoms with Crippen LogP contribution in [0.2, 0.25) is 0 Å². The lowest BCUT2D eigenvalue weighted by Crippen LogP contribution is -2.00. The van der Waals surface area contributed by atoms with Crippen molar-refractivity contribution in [2.75, 3.05) is 7.11 Å². The van der Waals surface area contributed by atoms with E-state index < -0.39 is 0 Å². The highest BCUT2D eigenvalue weighted by atomic mass is 16.5. The zero-order valence-corrected chi connectivity index (χ0v) is 10.9. The van der Waals surface area contributed by atoms with Crippen LogP contribution < -0.4 is 9.47 Å². The minimum absolute atomic E-state index is 0.350. The Labute approximate surface area is 112 Å². The van der Waals surface area contributed by atoms with E-state index in [2.05, 4.69) is 11.1 Å². The lowest BCUT2D eigenvalue weighted by Gasteiger charge is -2.09. The SMILES string of the molecule is COc1cccc(COc2nccc(C)c2C#N)c1. The molecule has 0 aliphatic rings. The predicted octanol–water partition coefficient (Wildman–Crippen LogP) is 2.85. The van der Waals surface area contributed by atoms with E-state index >= 15 is 0 Å². The van der Waals surface area contributed by atoms with Crippen molar-refractivity contribution in [2.45, 2.75) is 13.5 Å². The van der Waals surface area contributed by atoms with Gasteiger partial charge in [0.25, 0.3) is 0 Å². The van der Waals surface area contributed by atoms with Gasteiger partial charge in [0.1, 0.15) is 24.0 Å². The highest BCUT2D eigenvalue weighted by molar-refractivity contribution is 5.43. The first-order chi connectivity index (χ1) is 9.24. The molecule has 1 aromatic carbocycles. The van der Waals surface area contributed by atoms with Gasteiger partial charge in [-0.2, -0.15) is 5.26 Å². The largest absolute Gasteiger partial charge is 0.497 e. The van der Waals surface area contributed by atoms with Gasteiger partial charge in [0.05, 0.1) is 7.11 Å². The molecule has 4 heteroatoms. The Kier molecular flexibility index (Phi) is 3.99. The predicted molar refractivity (Wildman–Crippen MR) is 71.0 cm³/mol. The van der Waals surface area contributed by atoms with E-state index in [0.717, 1.165) is 16.9 Å². The van der Waals surface area contributed by atoms with Crippen molar-refractivity contribution in [1.82, 2.24) is 4.98 Å².